The van der Waals surface area contributed by atoms with Crippen molar-refractivity contribution in [3.63, 3.8) is 0 Å². The molecule has 2 aliphatic rings. The van der Waals surface area contributed by atoms with Crippen molar-refractivity contribution in [3.8, 4) is 5.75 Å². The van der Waals surface area contributed by atoms with E-state index in [-0.39, 0.29) is 17.1 Å². The van der Waals surface area contributed by atoms with Gasteiger partial charge in [-0.2, -0.15) is 0 Å². The van der Waals surface area contributed by atoms with Crippen LogP contribution in [0.15, 0.2) is 18.2 Å². The minimum atomic E-state index is -0.466. The van der Waals surface area contributed by atoms with E-state index < -0.39 is 5.82 Å². The quantitative estimate of drug-likeness (QED) is 0.833. The SMILES string of the molecule is O=CN1CC2(CCC(c3cccc(O)c3F)CC2)C1. The van der Waals surface area contributed by atoms with E-state index in [2.05, 4.69) is 0 Å². The zero-order valence-corrected chi connectivity index (χ0v) is 10.8. The molecule has 0 radical (unpaired) electrons. The number of nitrogens with zero attached hydrogens (tertiary/aromatic N) is 1. The lowest BCUT2D eigenvalue weighted by Gasteiger charge is -2.52. The number of benzene rings is 1. The molecule has 0 bridgehead atoms. The lowest BCUT2D eigenvalue weighted by atomic mass is 9.65. The summed E-state index contributed by atoms with van der Waals surface area (Å²) >= 11 is 0. The highest BCUT2D eigenvalue weighted by Crippen LogP contribution is 2.48. The third kappa shape index (κ3) is 2.09. The molecule has 0 aromatic heterocycles. The number of carbonyl (C=O) groups excluding carboxylic acids is 1. The number of rotatable bonds is 2. The fraction of sp³-hybridized carbons (Fsp3) is 0.533. The van der Waals surface area contributed by atoms with E-state index in [4.69, 9.17) is 0 Å². The first-order valence-electron chi connectivity index (χ1n) is 6.80. The van der Waals surface area contributed by atoms with Crippen LogP contribution in [0.2, 0.25) is 0 Å². The Bertz CT molecular complexity index is 487. The van der Waals surface area contributed by atoms with Crippen molar-refractivity contribution in [2.24, 2.45) is 5.41 Å². The van der Waals surface area contributed by atoms with E-state index in [1.54, 1.807) is 17.0 Å². The van der Waals surface area contributed by atoms with Gasteiger partial charge >= 0.3 is 0 Å². The molecule has 19 heavy (non-hydrogen) atoms. The van der Waals surface area contributed by atoms with Crippen molar-refractivity contribution >= 4 is 6.41 Å². The fourth-order valence-corrected chi connectivity index (χ4v) is 3.60. The van der Waals surface area contributed by atoms with E-state index in [9.17, 15) is 14.3 Å². The zero-order valence-electron chi connectivity index (χ0n) is 10.8. The largest absolute Gasteiger partial charge is 0.505 e. The summed E-state index contributed by atoms with van der Waals surface area (Å²) in [5, 5.41) is 9.44. The van der Waals surface area contributed by atoms with Gasteiger partial charge in [0.05, 0.1) is 0 Å². The van der Waals surface area contributed by atoms with E-state index in [0.717, 1.165) is 45.2 Å². The number of likely N-dealkylation sites (tertiary alicyclic amines) is 1. The molecule has 1 aromatic rings. The van der Waals surface area contributed by atoms with Gasteiger partial charge in [0.25, 0.3) is 0 Å². The first-order chi connectivity index (χ1) is 9.13. The summed E-state index contributed by atoms with van der Waals surface area (Å²) in [7, 11) is 0. The number of aromatic hydroxyl groups is 1. The molecule has 1 spiro atoms. The monoisotopic (exact) mass is 263 g/mol. The molecular weight excluding hydrogens is 245 g/mol. The number of phenolic OH excluding ortho intramolecular Hbond substituents is 1. The highest BCUT2D eigenvalue weighted by Gasteiger charge is 2.45. The van der Waals surface area contributed by atoms with Crippen LogP contribution in [0.3, 0.4) is 0 Å². The summed E-state index contributed by atoms with van der Waals surface area (Å²) in [5.41, 5.74) is 0.923. The number of amides is 1. The molecule has 0 atom stereocenters. The number of hydrogen-bond donors (Lipinski definition) is 1. The molecule has 1 saturated carbocycles. The summed E-state index contributed by atoms with van der Waals surface area (Å²) in [6.45, 7) is 1.71. The minimum Gasteiger partial charge on any atom is -0.505 e. The Morgan fingerprint density at radius 3 is 2.63 bits per heavy atom. The average molecular weight is 263 g/mol. The fourth-order valence-electron chi connectivity index (χ4n) is 3.60. The molecule has 1 heterocycles. The summed E-state index contributed by atoms with van der Waals surface area (Å²) in [6, 6.07) is 4.86. The predicted octanol–water partition coefficient (Wildman–Crippen LogP) is 2.65. The Labute approximate surface area is 112 Å². The van der Waals surface area contributed by atoms with Gasteiger partial charge < -0.3 is 10.0 Å². The van der Waals surface area contributed by atoms with Crippen molar-refractivity contribution in [3.05, 3.63) is 29.6 Å². The van der Waals surface area contributed by atoms with Crippen LogP contribution in [0.25, 0.3) is 0 Å². The Morgan fingerprint density at radius 1 is 1.32 bits per heavy atom. The molecule has 102 valence electrons. The molecule has 4 heteroatoms. The molecular formula is C15H18FNO2. The highest BCUT2D eigenvalue weighted by atomic mass is 19.1. The third-order valence-corrected chi connectivity index (χ3v) is 4.72. The van der Waals surface area contributed by atoms with Gasteiger partial charge in [0.2, 0.25) is 6.41 Å². The first-order valence-corrected chi connectivity index (χ1v) is 6.80. The van der Waals surface area contributed by atoms with E-state index in [1.807, 2.05) is 0 Å². The Morgan fingerprint density at radius 2 is 2.00 bits per heavy atom. The topological polar surface area (TPSA) is 40.5 Å². The summed E-state index contributed by atoms with van der Waals surface area (Å²) in [6.07, 6.45) is 4.86. The molecule has 3 nitrogen and oxygen atoms in total. The van der Waals surface area contributed by atoms with Gasteiger partial charge in [0.15, 0.2) is 11.6 Å². The van der Waals surface area contributed by atoms with Crippen LogP contribution in [0.4, 0.5) is 4.39 Å². The van der Waals surface area contributed by atoms with Crippen LogP contribution >= 0.6 is 0 Å². The minimum absolute atomic E-state index is 0.197. The molecule has 1 amide bonds. The molecule has 1 aromatic carbocycles. The van der Waals surface area contributed by atoms with Crippen LogP contribution in [0, 0.1) is 11.2 Å². The standard InChI is InChI=1S/C15H18FNO2/c16-14-12(2-1-3-13(14)19)11-4-6-15(7-5-11)8-17(9-15)10-18/h1-3,10-11,19H,4-9H2. The van der Waals surface area contributed by atoms with Gasteiger partial charge in [-0.05, 0) is 43.2 Å². The molecule has 2 fully saturated rings. The average Bonchev–Trinajstić information content (AvgIpc) is 2.39. The van der Waals surface area contributed by atoms with Gasteiger partial charge in [-0.3, -0.25) is 4.79 Å². The van der Waals surface area contributed by atoms with Crippen LogP contribution < -0.4 is 0 Å². The number of phenols is 1. The molecule has 1 aliphatic heterocycles. The second-order valence-electron chi connectivity index (χ2n) is 5.97. The second-order valence-corrected chi connectivity index (χ2v) is 5.97. The van der Waals surface area contributed by atoms with Gasteiger partial charge in [-0.25, -0.2) is 4.39 Å². The molecule has 3 rings (SSSR count). The third-order valence-electron chi connectivity index (χ3n) is 4.72. The summed E-state index contributed by atoms with van der Waals surface area (Å²) in [5.74, 6) is -0.525. The van der Waals surface area contributed by atoms with Gasteiger partial charge in [-0.1, -0.05) is 12.1 Å². The van der Waals surface area contributed by atoms with Gasteiger partial charge in [-0.15, -0.1) is 0 Å². The second kappa shape index (κ2) is 4.51. The van der Waals surface area contributed by atoms with Crippen LogP contribution in [-0.2, 0) is 4.79 Å². The maximum absolute atomic E-state index is 13.9. The van der Waals surface area contributed by atoms with E-state index in [0.29, 0.717) is 5.56 Å². The maximum Gasteiger partial charge on any atom is 0.209 e. The van der Waals surface area contributed by atoms with Gasteiger partial charge in [0.1, 0.15) is 0 Å². The van der Waals surface area contributed by atoms with Gasteiger partial charge in [0, 0.05) is 18.5 Å². The Balaban J connectivity index is 1.67. The van der Waals surface area contributed by atoms with E-state index in [1.165, 1.54) is 6.07 Å². The van der Waals surface area contributed by atoms with Crippen molar-refractivity contribution in [2.45, 2.75) is 31.6 Å². The molecule has 1 saturated heterocycles. The Hall–Kier alpha value is -1.58. The lowest BCUT2D eigenvalue weighted by Crippen LogP contribution is -2.56. The number of carbonyl (C=O) groups is 1. The lowest BCUT2D eigenvalue weighted by molar-refractivity contribution is -0.131. The van der Waals surface area contributed by atoms with Crippen molar-refractivity contribution in [1.82, 2.24) is 4.90 Å². The summed E-state index contributed by atoms with van der Waals surface area (Å²) < 4.78 is 13.9. The van der Waals surface area contributed by atoms with E-state index >= 15 is 0 Å². The number of hydrogen-bond acceptors (Lipinski definition) is 2. The smallest absolute Gasteiger partial charge is 0.209 e. The summed E-state index contributed by atoms with van der Waals surface area (Å²) in [4.78, 5) is 12.4. The normalized spacial score (nSPS) is 22.3. The zero-order chi connectivity index (χ0) is 13.5. The molecule has 0 unspecified atom stereocenters. The van der Waals surface area contributed by atoms with Crippen LogP contribution in [-0.4, -0.2) is 29.5 Å². The van der Waals surface area contributed by atoms with Crippen molar-refractivity contribution in [2.75, 3.05) is 13.1 Å². The molecule has 1 N–H and O–H groups in total. The number of halogens is 1. The maximum atomic E-state index is 13.9. The van der Waals surface area contributed by atoms with Crippen LogP contribution in [0.5, 0.6) is 5.75 Å². The van der Waals surface area contributed by atoms with Crippen LogP contribution in [0.1, 0.15) is 37.2 Å². The van der Waals surface area contributed by atoms with Crippen molar-refractivity contribution in [1.29, 1.82) is 0 Å². The predicted molar refractivity (Wildman–Crippen MR) is 69.3 cm³/mol. The highest BCUT2D eigenvalue weighted by molar-refractivity contribution is 5.49. The first kappa shape index (κ1) is 12.5. The van der Waals surface area contributed by atoms with Crippen molar-refractivity contribution < 1.29 is 14.3 Å². The Kier molecular flexibility index (Phi) is 2.96. The molecule has 1 aliphatic carbocycles.